The van der Waals surface area contributed by atoms with Crippen LogP contribution in [-0.2, 0) is 9.47 Å². The SMILES string of the molecule is C=CCOC(=O)c1csc([C@H](C)NC(=O)OCC2c3ccccc3-c3ccccc32)n1. The Morgan fingerprint density at radius 2 is 1.77 bits per heavy atom. The lowest BCUT2D eigenvalue weighted by atomic mass is 9.98. The number of carbonyl (C=O) groups is 2. The summed E-state index contributed by atoms with van der Waals surface area (Å²) in [5.74, 6) is -0.518. The molecule has 158 valence electrons. The van der Waals surface area contributed by atoms with Crippen molar-refractivity contribution >= 4 is 23.4 Å². The first-order valence-electron chi connectivity index (χ1n) is 9.93. The molecule has 1 N–H and O–H groups in total. The minimum absolute atomic E-state index is 0.000415. The minimum atomic E-state index is -0.527. The van der Waals surface area contributed by atoms with E-state index in [0.717, 1.165) is 11.1 Å². The van der Waals surface area contributed by atoms with Crippen molar-refractivity contribution in [1.29, 1.82) is 0 Å². The van der Waals surface area contributed by atoms with Gasteiger partial charge in [0.25, 0.3) is 0 Å². The first kappa shape index (κ1) is 20.8. The molecule has 0 saturated heterocycles. The molecular formula is C24H22N2O4S. The molecule has 0 bridgehead atoms. The van der Waals surface area contributed by atoms with Crippen LogP contribution in [0, 0.1) is 0 Å². The summed E-state index contributed by atoms with van der Waals surface area (Å²) in [6, 6.07) is 16.0. The second-order valence-corrected chi connectivity index (χ2v) is 8.04. The summed E-state index contributed by atoms with van der Waals surface area (Å²) in [5.41, 5.74) is 4.89. The second-order valence-electron chi connectivity index (χ2n) is 7.15. The lowest BCUT2D eigenvalue weighted by Gasteiger charge is -2.16. The molecule has 0 spiro atoms. The van der Waals surface area contributed by atoms with Crippen LogP contribution in [0.15, 0.2) is 66.6 Å². The van der Waals surface area contributed by atoms with Crippen LogP contribution >= 0.6 is 11.3 Å². The molecule has 0 aliphatic heterocycles. The number of aromatic nitrogens is 1. The van der Waals surface area contributed by atoms with Crippen molar-refractivity contribution in [2.75, 3.05) is 13.2 Å². The topological polar surface area (TPSA) is 77.5 Å². The highest BCUT2D eigenvalue weighted by molar-refractivity contribution is 7.09. The molecule has 31 heavy (non-hydrogen) atoms. The standard InChI is InChI=1S/C24H22N2O4S/c1-3-12-29-23(27)21-14-31-22(26-21)15(2)25-24(28)30-13-20-18-10-6-4-8-16(18)17-9-5-7-11-19(17)20/h3-11,14-15,20H,1,12-13H2,2H3,(H,25,28)/t15-/m0/s1. The maximum absolute atomic E-state index is 12.4. The summed E-state index contributed by atoms with van der Waals surface area (Å²) in [4.78, 5) is 28.6. The van der Waals surface area contributed by atoms with Gasteiger partial charge < -0.3 is 14.8 Å². The highest BCUT2D eigenvalue weighted by Crippen LogP contribution is 2.44. The lowest BCUT2D eigenvalue weighted by molar-refractivity contribution is 0.0543. The fraction of sp³-hybridized carbons (Fsp3) is 0.208. The molecule has 0 fully saturated rings. The van der Waals surface area contributed by atoms with Crippen molar-refractivity contribution in [3.05, 3.63) is 88.4 Å². The fourth-order valence-corrected chi connectivity index (χ4v) is 4.46. The number of amides is 1. The quantitative estimate of drug-likeness (QED) is 0.414. The van der Waals surface area contributed by atoms with Crippen LogP contribution in [0.2, 0.25) is 0 Å². The van der Waals surface area contributed by atoms with Gasteiger partial charge in [0.1, 0.15) is 18.2 Å². The van der Waals surface area contributed by atoms with E-state index in [0.29, 0.717) is 5.01 Å². The summed E-state index contributed by atoms with van der Waals surface area (Å²) in [5, 5.41) is 4.99. The zero-order valence-electron chi connectivity index (χ0n) is 17.0. The summed E-state index contributed by atoms with van der Waals surface area (Å²) in [7, 11) is 0. The van der Waals surface area contributed by atoms with Gasteiger partial charge in [-0.2, -0.15) is 0 Å². The third kappa shape index (κ3) is 4.36. The van der Waals surface area contributed by atoms with E-state index in [1.54, 1.807) is 12.3 Å². The molecule has 0 saturated carbocycles. The summed E-state index contributed by atoms with van der Waals surface area (Å²) >= 11 is 1.28. The monoisotopic (exact) mass is 434 g/mol. The highest BCUT2D eigenvalue weighted by atomic mass is 32.1. The van der Waals surface area contributed by atoms with E-state index in [1.807, 2.05) is 24.3 Å². The molecule has 1 aliphatic carbocycles. The number of nitrogens with zero attached hydrogens (tertiary/aromatic N) is 1. The zero-order chi connectivity index (χ0) is 21.8. The summed E-state index contributed by atoms with van der Waals surface area (Å²) in [6.07, 6.45) is 0.965. The number of esters is 1. The van der Waals surface area contributed by atoms with Crippen molar-refractivity contribution < 1.29 is 19.1 Å². The van der Waals surface area contributed by atoms with Crippen molar-refractivity contribution in [3.63, 3.8) is 0 Å². The Balaban J connectivity index is 1.37. The van der Waals surface area contributed by atoms with Crippen molar-refractivity contribution in [2.24, 2.45) is 0 Å². The first-order valence-corrected chi connectivity index (χ1v) is 10.8. The van der Waals surface area contributed by atoms with Crippen LogP contribution in [0.1, 0.15) is 45.5 Å². The normalized spacial score (nSPS) is 13.1. The number of ether oxygens (including phenoxy) is 2. The Bertz CT molecular complexity index is 1080. The largest absolute Gasteiger partial charge is 0.457 e. The Kier molecular flexibility index (Phi) is 6.13. The molecule has 1 aliphatic rings. The van der Waals surface area contributed by atoms with Crippen LogP contribution < -0.4 is 5.32 Å². The van der Waals surface area contributed by atoms with Gasteiger partial charge in [-0.3, -0.25) is 0 Å². The van der Waals surface area contributed by atoms with Crippen molar-refractivity contribution in [2.45, 2.75) is 18.9 Å². The average Bonchev–Trinajstić information content (AvgIpc) is 3.40. The lowest BCUT2D eigenvalue weighted by Crippen LogP contribution is -2.28. The molecule has 1 amide bonds. The Hall–Kier alpha value is -3.45. The first-order chi connectivity index (χ1) is 15.1. The molecule has 1 atom stereocenters. The predicted octanol–water partition coefficient (Wildman–Crippen LogP) is 5.09. The maximum atomic E-state index is 12.4. The number of thiazole rings is 1. The minimum Gasteiger partial charge on any atom is -0.457 e. The number of hydrogen-bond donors (Lipinski definition) is 1. The van der Waals surface area contributed by atoms with Gasteiger partial charge in [-0.15, -0.1) is 11.3 Å². The molecular weight excluding hydrogens is 412 g/mol. The molecule has 7 heteroatoms. The number of hydrogen-bond acceptors (Lipinski definition) is 6. The van der Waals surface area contributed by atoms with E-state index in [2.05, 4.69) is 41.1 Å². The number of nitrogens with one attached hydrogen (secondary N) is 1. The number of rotatable bonds is 7. The highest BCUT2D eigenvalue weighted by Gasteiger charge is 2.29. The summed E-state index contributed by atoms with van der Waals surface area (Å²) < 4.78 is 10.5. The Morgan fingerprint density at radius 3 is 2.42 bits per heavy atom. The van der Waals surface area contributed by atoms with Crippen LogP contribution in [0.3, 0.4) is 0 Å². The predicted molar refractivity (Wildman–Crippen MR) is 119 cm³/mol. The van der Waals surface area contributed by atoms with Gasteiger partial charge in [0.15, 0.2) is 5.69 Å². The smallest absolute Gasteiger partial charge is 0.407 e. The number of fused-ring (bicyclic) bond motifs is 3. The van der Waals surface area contributed by atoms with Gasteiger partial charge in [0.2, 0.25) is 0 Å². The van der Waals surface area contributed by atoms with E-state index in [9.17, 15) is 9.59 Å². The Morgan fingerprint density at radius 1 is 1.13 bits per heavy atom. The van der Waals surface area contributed by atoms with Crippen LogP contribution in [0.25, 0.3) is 11.1 Å². The molecule has 1 heterocycles. The number of benzene rings is 2. The zero-order valence-corrected chi connectivity index (χ0v) is 17.9. The molecule has 0 unspecified atom stereocenters. The van der Waals surface area contributed by atoms with E-state index >= 15 is 0 Å². The van der Waals surface area contributed by atoms with Crippen LogP contribution in [-0.4, -0.2) is 30.3 Å². The molecule has 4 rings (SSSR count). The molecule has 0 radical (unpaired) electrons. The van der Waals surface area contributed by atoms with Crippen LogP contribution in [0.5, 0.6) is 0 Å². The molecule has 2 aromatic carbocycles. The second kappa shape index (κ2) is 9.14. The Labute approximate surface area is 184 Å². The van der Waals surface area contributed by atoms with Crippen LogP contribution in [0.4, 0.5) is 4.79 Å². The molecule has 6 nitrogen and oxygen atoms in total. The van der Waals surface area contributed by atoms with Gasteiger partial charge in [-0.25, -0.2) is 14.6 Å². The number of carbonyl (C=O) groups excluding carboxylic acids is 2. The molecule has 3 aromatic rings. The van der Waals surface area contributed by atoms with E-state index < -0.39 is 18.1 Å². The van der Waals surface area contributed by atoms with Gasteiger partial charge in [-0.05, 0) is 29.2 Å². The fourth-order valence-electron chi connectivity index (χ4n) is 3.67. The van der Waals surface area contributed by atoms with Crippen molar-refractivity contribution in [1.82, 2.24) is 10.3 Å². The third-order valence-electron chi connectivity index (χ3n) is 5.11. The van der Waals surface area contributed by atoms with E-state index in [4.69, 9.17) is 9.47 Å². The van der Waals surface area contributed by atoms with E-state index in [1.165, 1.54) is 28.5 Å². The molecule has 1 aromatic heterocycles. The third-order valence-corrected chi connectivity index (χ3v) is 6.14. The summed E-state index contributed by atoms with van der Waals surface area (Å²) in [6.45, 7) is 5.66. The maximum Gasteiger partial charge on any atom is 0.407 e. The van der Waals surface area contributed by atoms with Gasteiger partial charge >= 0.3 is 12.1 Å². The van der Waals surface area contributed by atoms with Gasteiger partial charge in [-0.1, -0.05) is 61.2 Å². The number of alkyl carbamates (subject to hydrolysis) is 1. The van der Waals surface area contributed by atoms with E-state index in [-0.39, 0.29) is 24.8 Å². The van der Waals surface area contributed by atoms with Gasteiger partial charge in [0.05, 0.1) is 6.04 Å². The van der Waals surface area contributed by atoms with Gasteiger partial charge in [0, 0.05) is 11.3 Å². The average molecular weight is 435 g/mol. The van der Waals surface area contributed by atoms with Crippen molar-refractivity contribution in [3.8, 4) is 11.1 Å².